The molecule has 0 aliphatic carbocycles. The molecule has 1 atom stereocenters. The highest BCUT2D eigenvalue weighted by Crippen LogP contribution is 2.36. The fraction of sp³-hybridized carbons (Fsp3) is 0.462. The molecule has 98 valence electrons. The number of esters is 1. The maximum atomic E-state index is 11.9. The Labute approximate surface area is 105 Å². The molecule has 1 aromatic carbocycles. The van der Waals surface area contributed by atoms with Gasteiger partial charge in [0.2, 0.25) is 0 Å². The Morgan fingerprint density at radius 1 is 1.50 bits per heavy atom. The molecule has 0 saturated heterocycles. The normalized spacial score (nSPS) is 18.1. The van der Waals surface area contributed by atoms with Gasteiger partial charge in [-0.2, -0.15) is 0 Å². The molecular weight excluding hydrogens is 236 g/mol. The number of carbonyl (C=O) groups excluding carboxylic acids is 1. The van der Waals surface area contributed by atoms with E-state index in [1.165, 1.54) is 13.2 Å². The van der Waals surface area contributed by atoms with Crippen molar-refractivity contribution in [1.29, 1.82) is 0 Å². The molecule has 1 aliphatic heterocycles. The highest BCUT2D eigenvalue weighted by Gasteiger charge is 2.30. The van der Waals surface area contributed by atoms with Crippen LogP contribution in [0.5, 0.6) is 11.5 Å². The number of benzene rings is 1. The number of aliphatic hydroxyl groups is 1. The number of rotatable bonds is 4. The van der Waals surface area contributed by atoms with Gasteiger partial charge in [0.15, 0.2) is 11.5 Å². The minimum Gasteiger partial charge on any atom is -0.504 e. The van der Waals surface area contributed by atoms with Crippen molar-refractivity contribution in [3.63, 3.8) is 0 Å². The second-order valence-electron chi connectivity index (χ2n) is 4.25. The van der Waals surface area contributed by atoms with E-state index in [0.717, 1.165) is 5.56 Å². The lowest BCUT2D eigenvalue weighted by Gasteiger charge is -2.25. The van der Waals surface area contributed by atoms with Crippen molar-refractivity contribution >= 4 is 5.97 Å². The van der Waals surface area contributed by atoms with E-state index >= 15 is 0 Å². The second kappa shape index (κ2) is 5.27. The van der Waals surface area contributed by atoms with Crippen molar-refractivity contribution in [2.75, 3.05) is 13.7 Å². The smallest absolute Gasteiger partial charge is 0.342 e. The topological polar surface area (TPSA) is 76.0 Å². The van der Waals surface area contributed by atoms with Crippen molar-refractivity contribution in [2.45, 2.75) is 25.4 Å². The van der Waals surface area contributed by atoms with Gasteiger partial charge >= 0.3 is 5.97 Å². The van der Waals surface area contributed by atoms with E-state index in [-0.39, 0.29) is 24.2 Å². The van der Waals surface area contributed by atoms with Crippen LogP contribution in [0.4, 0.5) is 0 Å². The molecule has 0 spiro atoms. The van der Waals surface area contributed by atoms with E-state index in [1.807, 2.05) is 0 Å². The van der Waals surface area contributed by atoms with Crippen LogP contribution < -0.4 is 4.74 Å². The first-order valence-corrected chi connectivity index (χ1v) is 5.88. The lowest BCUT2D eigenvalue weighted by molar-refractivity contribution is 0.0216. The molecule has 0 bridgehead atoms. The first-order valence-electron chi connectivity index (χ1n) is 5.88. The van der Waals surface area contributed by atoms with Crippen LogP contribution in [-0.2, 0) is 11.2 Å². The summed E-state index contributed by atoms with van der Waals surface area (Å²) in [6.07, 6.45) is 1.59. The van der Waals surface area contributed by atoms with Gasteiger partial charge in [-0.05, 0) is 24.5 Å². The summed E-state index contributed by atoms with van der Waals surface area (Å²) in [5.41, 5.74) is 1.11. The van der Waals surface area contributed by atoms with E-state index < -0.39 is 5.97 Å². The summed E-state index contributed by atoms with van der Waals surface area (Å²) < 4.78 is 10.3. The molecule has 5 nitrogen and oxygen atoms in total. The van der Waals surface area contributed by atoms with Crippen LogP contribution in [0.15, 0.2) is 12.1 Å². The number of hydrogen-bond acceptors (Lipinski definition) is 5. The Bertz CT molecular complexity index is 455. The summed E-state index contributed by atoms with van der Waals surface area (Å²) in [7, 11) is 1.40. The van der Waals surface area contributed by atoms with Gasteiger partial charge in [0, 0.05) is 13.0 Å². The molecule has 2 rings (SSSR count). The molecule has 5 heteroatoms. The van der Waals surface area contributed by atoms with Gasteiger partial charge in [-0.15, -0.1) is 0 Å². The van der Waals surface area contributed by atoms with Crippen LogP contribution in [-0.4, -0.2) is 36.0 Å². The molecule has 0 amide bonds. The highest BCUT2D eigenvalue weighted by molar-refractivity contribution is 5.96. The van der Waals surface area contributed by atoms with Crippen molar-refractivity contribution in [1.82, 2.24) is 0 Å². The lowest BCUT2D eigenvalue weighted by Crippen LogP contribution is -2.28. The monoisotopic (exact) mass is 252 g/mol. The molecule has 0 radical (unpaired) electrons. The maximum absolute atomic E-state index is 11.9. The number of hydrogen-bond donors (Lipinski definition) is 2. The zero-order chi connectivity index (χ0) is 13.1. The van der Waals surface area contributed by atoms with E-state index in [4.69, 9.17) is 14.6 Å². The predicted molar refractivity (Wildman–Crippen MR) is 63.9 cm³/mol. The van der Waals surface area contributed by atoms with E-state index in [9.17, 15) is 9.90 Å². The van der Waals surface area contributed by atoms with Gasteiger partial charge in [-0.3, -0.25) is 0 Å². The quantitative estimate of drug-likeness (QED) is 0.789. The average Bonchev–Trinajstić information content (AvgIpc) is 2.37. The number of aliphatic hydroxyl groups excluding tert-OH is 1. The molecule has 2 N–H and O–H groups in total. The Balaban J connectivity index is 2.30. The minimum absolute atomic E-state index is 0.0676. The van der Waals surface area contributed by atoms with Crippen molar-refractivity contribution in [3.05, 3.63) is 23.3 Å². The number of aromatic hydroxyl groups is 1. The Kier molecular flexibility index (Phi) is 3.72. The second-order valence-corrected chi connectivity index (χ2v) is 4.25. The Morgan fingerprint density at radius 3 is 2.94 bits per heavy atom. The SMILES string of the molecule is COc1c(O)ccc2c1C(=O)O[C@H](CCCO)C2. The summed E-state index contributed by atoms with van der Waals surface area (Å²) >= 11 is 0. The number of carbonyl (C=O) groups is 1. The summed E-state index contributed by atoms with van der Waals surface area (Å²) in [5, 5.41) is 18.4. The van der Waals surface area contributed by atoms with Crippen LogP contribution in [0.1, 0.15) is 28.8 Å². The molecule has 18 heavy (non-hydrogen) atoms. The van der Waals surface area contributed by atoms with Crippen molar-refractivity contribution in [3.8, 4) is 11.5 Å². The minimum atomic E-state index is -0.480. The van der Waals surface area contributed by atoms with Crippen LogP contribution in [0.3, 0.4) is 0 Å². The number of phenolic OH excluding ortho intramolecular Hbond substituents is 1. The summed E-state index contributed by atoms with van der Waals surface area (Å²) in [6, 6.07) is 3.22. The summed E-state index contributed by atoms with van der Waals surface area (Å²) in [6.45, 7) is 0.0831. The average molecular weight is 252 g/mol. The van der Waals surface area contributed by atoms with Crippen LogP contribution in [0.25, 0.3) is 0 Å². The van der Waals surface area contributed by atoms with Crippen molar-refractivity contribution in [2.24, 2.45) is 0 Å². The zero-order valence-electron chi connectivity index (χ0n) is 10.2. The van der Waals surface area contributed by atoms with Gasteiger partial charge in [0.1, 0.15) is 11.7 Å². The van der Waals surface area contributed by atoms with E-state index in [0.29, 0.717) is 24.8 Å². The number of phenols is 1. The first-order chi connectivity index (χ1) is 8.67. The van der Waals surface area contributed by atoms with Crippen LogP contribution in [0.2, 0.25) is 0 Å². The van der Waals surface area contributed by atoms with Crippen molar-refractivity contribution < 1.29 is 24.5 Å². The largest absolute Gasteiger partial charge is 0.504 e. The lowest BCUT2D eigenvalue weighted by atomic mass is 9.95. The van der Waals surface area contributed by atoms with Gasteiger partial charge < -0.3 is 19.7 Å². The van der Waals surface area contributed by atoms with Gasteiger partial charge in [0.05, 0.1) is 7.11 Å². The fourth-order valence-corrected chi connectivity index (χ4v) is 2.19. The van der Waals surface area contributed by atoms with Gasteiger partial charge in [-0.1, -0.05) is 6.07 Å². The van der Waals surface area contributed by atoms with Gasteiger partial charge in [0.25, 0.3) is 0 Å². The van der Waals surface area contributed by atoms with Crippen LogP contribution >= 0.6 is 0 Å². The molecule has 1 heterocycles. The Morgan fingerprint density at radius 2 is 2.28 bits per heavy atom. The zero-order valence-corrected chi connectivity index (χ0v) is 10.2. The predicted octanol–water partition coefficient (Wildman–Crippen LogP) is 1.25. The van der Waals surface area contributed by atoms with E-state index in [1.54, 1.807) is 6.07 Å². The number of methoxy groups -OCH3 is 1. The molecule has 0 fully saturated rings. The fourth-order valence-electron chi connectivity index (χ4n) is 2.19. The molecule has 1 aromatic rings. The summed E-state index contributed by atoms with van der Waals surface area (Å²) in [4.78, 5) is 11.9. The number of fused-ring (bicyclic) bond motifs is 1. The highest BCUT2D eigenvalue weighted by atomic mass is 16.5. The molecule has 0 unspecified atom stereocenters. The number of ether oxygens (including phenoxy) is 2. The molecular formula is C13H16O5. The molecule has 0 aromatic heterocycles. The third-order valence-corrected chi connectivity index (χ3v) is 3.04. The first kappa shape index (κ1) is 12.7. The van der Waals surface area contributed by atoms with Crippen LogP contribution in [0, 0.1) is 0 Å². The maximum Gasteiger partial charge on any atom is 0.342 e. The standard InChI is InChI=1S/C13H16O5/c1-17-12-10(15)5-4-8-7-9(3-2-6-14)18-13(16)11(8)12/h4-5,9,14-15H,2-3,6-7H2,1H3/t9-/m1/s1. The third kappa shape index (κ3) is 2.26. The molecule has 0 saturated carbocycles. The molecule has 1 aliphatic rings. The van der Waals surface area contributed by atoms with Gasteiger partial charge in [-0.25, -0.2) is 4.79 Å². The third-order valence-electron chi connectivity index (χ3n) is 3.04. The Hall–Kier alpha value is -1.75. The van der Waals surface area contributed by atoms with E-state index in [2.05, 4.69) is 0 Å². The number of cyclic esters (lactones) is 1. The summed E-state index contributed by atoms with van der Waals surface area (Å²) in [5.74, 6) is -0.382.